The smallest absolute Gasteiger partial charge is 0.347 e. The van der Waals surface area contributed by atoms with E-state index in [2.05, 4.69) is 25.7 Å². The summed E-state index contributed by atoms with van der Waals surface area (Å²) in [6, 6.07) is 9.18. The molecule has 1 aliphatic rings. The fourth-order valence-corrected chi connectivity index (χ4v) is 3.70. The zero-order valence-electron chi connectivity index (χ0n) is 17.8. The summed E-state index contributed by atoms with van der Waals surface area (Å²) in [5.74, 6) is 0.0265. The van der Waals surface area contributed by atoms with Gasteiger partial charge in [0.05, 0.1) is 6.61 Å². The Morgan fingerprint density at radius 2 is 1.93 bits per heavy atom. The summed E-state index contributed by atoms with van der Waals surface area (Å²) < 4.78 is 27.0. The minimum Gasteiger partial charge on any atom is -0.492 e. The topological polar surface area (TPSA) is 38.8 Å². The monoisotopic (exact) mass is 399 g/mol. The molecule has 1 aliphatic heterocycles. The van der Waals surface area contributed by atoms with E-state index >= 15 is 4.39 Å². The number of halogens is 1. The van der Waals surface area contributed by atoms with Gasteiger partial charge in [0.2, 0.25) is 0 Å². The Morgan fingerprint density at radius 3 is 2.59 bits per heavy atom. The van der Waals surface area contributed by atoms with E-state index < -0.39 is 5.97 Å². The van der Waals surface area contributed by atoms with Gasteiger partial charge < -0.3 is 9.47 Å². The summed E-state index contributed by atoms with van der Waals surface area (Å²) in [6.07, 6.45) is 2.50. The Labute approximate surface area is 172 Å². The highest BCUT2D eigenvalue weighted by Crippen LogP contribution is 2.38. The third-order valence-electron chi connectivity index (χ3n) is 5.48. The molecule has 0 fully saturated rings. The van der Waals surface area contributed by atoms with Crippen molar-refractivity contribution in [2.45, 2.75) is 59.5 Å². The van der Waals surface area contributed by atoms with Crippen LogP contribution in [0.15, 0.2) is 30.3 Å². The zero-order valence-corrected chi connectivity index (χ0v) is 17.8. The molecule has 0 radical (unpaired) electrons. The minimum absolute atomic E-state index is 0.208. The van der Waals surface area contributed by atoms with Crippen LogP contribution in [-0.4, -0.2) is 30.1 Å². The predicted octanol–water partition coefficient (Wildman–Crippen LogP) is 5.30. The van der Waals surface area contributed by atoms with Crippen molar-refractivity contribution in [3.63, 3.8) is 0 Å². The quantitative estimate of drug-likeness (QED) is 0.360. The van der Waals surface area contributed by atoms with Crippen LogP contribution in [0.1, 0.15) is 60.7 Å². The van der Waals surface area contributed by atoms with Crippen LogP contribution in [0.3, 0.4) is 0 Å². The van der Waals surface area contributed by atoms with Crippen molar-refractivity contribution in [1.29, 1.82) is 0 Å². The van der Waals surface area contributed by atoms with Gasteiger partial charge in [0.25, 0.3) is 0 Å². The highest BCUT2D eigenvalue weighted by atomic mass is 19.1. The predicted molar refractivity (Wildman–Crippen MR) is 112 cm³/mol. The van der Waals surface area contributed by atoms with Gasteiger partial charge >= 0.3 is 5.97 Å². The van der Waals surface area contributed by atoms with Crippen LogP contribution in [0.5, 0.6) is 11.5 Å². The Bertz CT molecular complexity index is 864. The first-order chi connectivity index (χ1) is 13.9. The maximum Gasteiger partial charge on any atom is 0.347 e. The summed E-state index contributed by atoms with van der Waals surface area (Å²) in [7, 11) is 0. The van der Waals surface area contributed by atoms with Gasteiger partial charge in [0, 0.05) is 35.8 Å². The highest BCUT2D eigenvalue weighted by Gasteiger charge is 2.32. The van der Waals surface area contributed by atoms with Crippen molar-refractivity contribution < 1.29 is 18.7 Å². The average Bonchev–Trinajstić information content (AvgIpc) is 2.72. The number of para-hydroxylation sites is 1. The molecule has 0 spiro atoms. The number of unbranched alkanes of at least 4 members (excludes halogenated alkanes) is 1. The molecule has 2 aromatic rings. The molecular weight excluding hydrogens is 369 g/mol. The van der Waals surface area contributed by atoms with Crippen molar-refractivity contribution in [2.75, 3.05) is 13.2 Å². The van der Waals surface area contributed by atoms with E-state index in [0.29, 0.717) is 48.2 Å². The number of rotatable bonds is 7. The lowest BCUT2D eigenvalue weighted by molar-refractivity contribution is 0.0727. The molecular formula is C24H30FNO3. The molecule has 0 bridgehead atoms. The van der Waals surface area contributed by atoms with Gasteiger partial charge in [-0.15, -0.1) is 0 Å². The van der Waals surface area contributed by atoms with Gasteiger partial charge in [-0.2, -0.15) is 0 Å². The fourth-order valence-electron chi connectivity index (χ4n) is 3.70. The van der Waals surface area contributed by atoms with Gasteiger partial charge in [-0.25, -0.2) is 9.18 Å². The Hall–Kier alpha value is -2.40. The molecule has 0 saturated heterocycles. The molecule has 2 aromatic carbocycles. The fraction of sp³-hybridized carbons (Fsp3) is 0.458. The van der Waals surface area contributed by atoms with E-state index in [1.165, 1.54) is 0 Å². The highest BCUT2D eigenvalue weighted by molar-refractivity contribution is 5.96. The number of esters is 1. The summed E-state index contributed by atoms with van der Waals surface area (Å²) in [4.78, 5) is 15.3. The first kappa shape index (κ1) is 21.3. The number of hydrogen-bond donors (Lipinski definition) is 0. The van der Waals surface area contributed by atoms with Crippen LogP contribution in [-0.2, 0) is 13.0 Å². The molecule has 0 amide bonds. The molecule has 0 unspecified atom stereocenters. The van der Waals surface area contributed by atoms with Crippen molar-refractivity contribution in [2.24, 2.45) is 0 Å². The average molecular weight is 400 g/mol. The number of hydrogen-bond acceptors (Lipinski definition) is 4. The first-order valence-electron chi connectivity index (χ1n) is 10.4. The molecule has 29 heavy (non-hydrogen) atoms. The third kappa shape index (κ3) is 4.61. The van der Waals surface area contributed by atoms with E-state index in [-0.39, 0.29) is 11.4 Å². The lowest BCUT2D eigenvalue weighted by Crippen LogP contribution is -2.37. The zero-order chi connectivity index (χ0) is 21.0. The molecule has 4 nitrogen and oxygen atoms in total. The van der Waals surface area contributed by atoms with Crippen molar-refractivity contribution >= 4 is 5.97 Å². The van der Waals surface area contributed by atoms with Crippen molar-refractivity contribution in [3.05, 3.63) is 58.4 Å². The molecule has 5 heteroatoms. The minimum atomic E-state index is -0.576. The number of carbonyl (C=O) groups excluding carboxylic acids is 1. The summed E-state index contributed by atoms with van der Waals surface area (Å²) in [6.45, 7) is 9.77. The van der Waals surface area contributed by atoms with Crippen LogP contribution in [0, 0.1) is 12.7 Å². The van der Waals surface area contributed by atoms with Crippen LogP contribution in [0.25, 0.3) is 0 Å². The molecule has 3 rings (SSSR count). The number of nitrogens with zero attached hydrogens (tertiary/aromatic N) is 1. The summed E-state index contributed by atoms with van der Waals surface area (Å²) in [5.41, 5.74) is 1.95. The lowest BCUT2D eigenvalue weighted by Gasteiger charge is -2.34. The van der Waals surface area contributed by atoms with E-state index in [9.17, 15) is 4.79 Å². The second kappa shape index (κ2) is 9.40. The summed E-state index contributed by atoms with van der Waals surface area (Å²) >= 11 is 0. The van der Waals surface area contributed by atoms with Crippen LogP contribution >= 0.6 is 0 Å². The summed E-state index contributed by atoms with van der Waals surface area (Å²) in [5, 5.41) is 0. The molecule has 156 valence electrons. The Morgan fingerprint density at radius 1 is 1.21 bits per heavy atom. The maximum atomic E-state index is 15.4. The van der Waals surface area contributed by atoms with E-state index in [4.69, 9.17) is 9.47 Å². The van der Waals surface area contributed by atoms with E-state index in [1.807, 2.05) is 6.07 Å². The third-order valence-corrected chi connectivity index (χ3v) is 5.48. The maximum absolute atomic E-state index is 15.4. The Kier molecular flexibility index (Phi) is 6.91. The van der Waals surface area contributed by atoms with Gasteiger partial charge in [-0.1, -0.05) is 31.5 Å². The standard InChI is InChI=1S/C24H30FNO3/c1-5-6-14-28-23-19-12-13-26(16(2)3)15-20(19)22(25)17(4)21(23)24(27)29-18-10-8-7-9-11-18/h7-11,16H,5-6,12-15H2,1-4H3. The normalized spacial score (nSPS) is 14.0. The van der Waals surface area contributed by atoms with E-state index in [1.54, 1.807) is 31.2 Å². The van der Waals surface area contributed by atoms with Crippen molar-refractivity contribution in [3.8, 4) is 11.5 Å². The van der Waals surface area contributed by atoms with Crippen LogP contribution < -0.4 is 9.47 Å². The molecule has 0 aromatic heterocycles. The number of benzene rings is 2. The van der Waals surface area contributed by atoms with Gasteiger partial charge in [0.1, 0.15) is 22.9 Å². The van der Waals surface area contributed by atoms with E-state index in [0.717, 1.165) is 24.9 Å². The van der Waals surface area contributed by atoms with Crippen LogP contribution in [0.2, 0.25) is 0 Å². The number of carbonyl (C=O) groups is 1. The lowest BCUT2D eigenvalue weighted by atomic mass is 9.91. The molecule has 1 heterocycles. The van der Waals surface area contributed by atoms with Gasteiger partial charge in [-0.3, -0.25) is 4.90 Å². The van der Waals surface area contributed by atoms with Crippen LogP contribution in [0.4, 0.5) is 4.39 Å². The molecule has 0 aliphatic carbocycles. The number of fused-ring (bicyclic) bond motifs is 1. The van der Waals surface area contributed by atoms with Gasteiger partial charge in [0.15, 0.2) is 0 Å². The molecule has 0 atom stereocenters. The molecule has 0 N–H and O–H groups in total. The SMILES string of the molecule is CCCCOc1c2c(c(F)c(C)c1C(=O)Oc1ccccc1)CN(C(C)C)CC2. The van der Waals surface area contributed by atoms with Crippen molar-refractivity contribution in [1.82, 2.24) is 4.90 Å². The Balaban J connectivity index is 2.04. The second-order valence-corrected chi connectivity index (χ2v) is 7.82. The number of ether oxygens (including phenoxy) is 2. The first-order valence-corrected chi connectivity index (χ1v) is 10.4. The molecule has 0 saturated carbocycles. The largest absolute Gasteiger partial charge is 0.492 e. The second-order valence-electron chi connectivity index (χ2n) is 7.82. The van der Waals surface area contributed by atoms with Gasteiger partial charge in [-0.05, 0) is 45.7 Å².